The second-order valence-electron chi connectivity index (χ2n) is 5.31. The minimum absolute atomic E-state index is 0.0137. The van der Waals surface area contributed by atoms with Gasteiger partial charge in [-0.05, 0) is 25.0 Å². The lowest BCUT2D eigenvalue weighted by molar-refractivity contribution is 0.0928. The summed E-state index contributed by atoms with van der Waals surface area (Å²) in [4.78, 5) is 26.3. The van der Waals surface area contributed by atoms with E-state index in [4.69, 9.17) is 23.2 Å². The third-order valence-corrected chi connectivity index (χ3v) is 4.14. The van der Waals surface area contributed by atoms with E-state index in [1.807, 2.05) is 0 Å². The van der Waals surface area contributed by atoms with Gasteiger partial charge in [0, 0.05) is 31.5 Å². The molecule has 0 aliphatic carbocycles. The maximum Gasteiger partial charge on any atom is 0.270 e. The number of pyridine rings is 1. The summed E-state index contributed by atoms with van der Waals surface area (Å²) in [7, 11) is 0. The zero-order valence-electron chi connectivity index (χ0n) is 12.2. The summed E-state index contributed by atoms with van der Waals surface area (Å²) in [5, 5.41) is 4.02. The highest BCUT2D eigenvalue weighted by atomic mass is 35.5. The van der Waals surface area contributed by atoms with E-state index in [1.54, 1.807) is 24.5 Å². The van der Waals surface area contributed by atoms with Gasteiger partial charge in [0.15, 0.2) is 0 Å². The average molecular weight is 352 g/mol. The Morgan fingerprint density at radius 1 is 1.35 bits per heavy atom. The van der Waals surface area contributed by atoms with Crippen LogP contribution in [0, 0.1) is 0 Å². The van der Waals surface area contributed by atoms with Crippen molar-refractivity contribution in [1.29, 1.82) is 0 Å². The van der Waals surface area contributed by atoms with Crippen molar-refractivity contribution < 1.29 is 4.79 Å². The largest absolute Gasteiger partial charge is 0.353 e. The number of nitrogens with one attached hydrogen (secondary N) is 1. The lowest BCUT2D eigenvalue weighted by Gasteiger charge is -2.34. The number of hydrogen-bond acceptors (Lipinski definition) is 5. The van der Waals surface area contributed by atoms with E-state index in [-0.39, 0.29) is 11.9 Å². The van der Waals surface area contributed by atoms with Gasteiger partial charge in [-0.1, -0.05) is 23.2 Å². The van der Waals surface area contributed by atoms with Gasteiger partial charge in [-0.2, -0.15) is 0 Å². The predicted molar refractivity (Wildman–Crippen MR) is 89.0 cm³/mol. The van der Waals surface area contributed by atoms with Gasteiger partial charge < -0.3 is 10.2 Å². The zero-order chi connectivity index (χ0) is 16.2. The molecule has 1 amide bonds. The van der Waals surface area contributed by atoms with Crippen LogP contribution in [0.5, 0.6) is 0 Å². The monoisotopic (exact) mass is 351 g/mol. The van der Waals surface area contributed by atoms with Gasteiger partial charge in [0.1, 0.15) is 17.8 Å². The van der Waals surface area contributed by atoms with E-state index in [1.165, 1.54) is 6.33 Å². The number of carbonyl (C=O) groups excluding carboxylic acids is 1. The fourth-order valence-electron chi connectivity index (χ4n) is 2.61. The normalized spacial score (nSPS) is 17.8. The number of halogens is 2. The van der Waals surface area contributed by atoms with Gasteiger partial charge >= 0.3 is 0 Å². The first-order chi connectivity index (χ1) is 11.1. The number of rotatable bonds is 3. The lowest BCUT2D eigenvalue weighted by atomic mass is 10.1. The first-order valence-corrected chi connectivity index (χ1v) is 8.02. The fourth-order valence-corrected chi connectivity index (χ4v) is 3.11. The minimum atomic E-state index is -0.200. The number of hydrogen-bond donors (Lipinski definition) is 1. The van der Waals surface area contributed by atoms with Crippen LogP contribution in [0.15, 0.2) is 30.9 Å². The molecule has 2 aromatic rings. The molecule has 1 N–H and O–H groups in total. The molecule has 2 aromatic heterocycles. The second kappa shape index (κ2) is 7.10. The summed E-state index contributed by atoms with van der Waals surface area (Å²) in [6, 6.07) is 3.28. The second-order valence-corrected chi connectivity index (χ2v) is 6.16. The Hall–Kier alpha value is -1.92. The molecule has 3 rings (SSSR count). The van der Waals surface area contributed by atoms with Crippen LogP contribution < -0.4 is 10.2 Å². The van der Waals surface area contributed by atoms with Crippen LogP contribution in [0.1, 0.15) is 23.3 Å². The summed E-state index contributed by atoms with van der Waals surface area (Å²) < 4.78 is 0. The van der Waals surface area contributed by atoms with E-state index in [9.17, 15) is 4.79 Å². The van der Waals surface area contributed by atoms with Gasteiger partial charge in [0.25, 0.3) is 5.91 Å². The standard InChI is InChI=1S/C15H15Cl2N5O/c16-10-6-12(17)14(19-7-10)22-5-1-2-11(8-22)21-15(23)13-3-4-18-9-20-13/h3-4,6-7,9,11H,1-2,5,8H2,(H,21,23). The van der Waals surface area contributed by atoms with E-state index in [2.05, 4.69) is 25.2 Å². The van der Waals surface area contributed by atoms with Crippen LogP contribution in [-0.2, 0) is 0 Å². The van der Waals surface area contributed by atoms with Crippen LogP contribution in [0.4, 0.5) is 5.82 Å². The molecule has 1 atom stereocenters. The molecule has 3 heterocycles. The third kappa shape index (κ3) is 3.89. The van der Waals surface area contributed by atoms with E-state index in [0.717, 1.165) is 19.4 Å². The molecule has 23 heavy (non-hydrogen) atoms. The summed E-state index contributed by atoms with van der Waals surface area (Å²) in [5.41, 5.74) is 0.361. The average Bonchev–Trinajstić information content (AvgIpc) is 2.56. The van der Waals surface area contributed by atoms with Gasteiger partial charge in [-0.15, -0.1) is 0 Å². The maximum atomic E-state index is 12.2. The van der Waals surface area contributed by atoms with Crippen LogP contribution in [0.3, 0.4) is 0 Å². The molecule has 8 heteroatoms. The van der Waals surface area contributed by atoms with Crippen molar-refractivity contribution in [2.45, 2.75) is 18.9 Å². The molecule has 1 unspecified atom stereocenters. The lowest BCUT2D eigenvalue weighted by Crippen LogP contribution is -2.48. The van der Waals surface area contributed by atoms with E-state index >= 15 is 0 Å². The number of carbonyl (C=O) groups is 1. The molecule has 1 aliphatic heterocycles. The molecule has 0 radical (unpaired) electrons. The quantitative estimate of drug-likeness (QED) is 0.919. The number of nitrogens with zero attached hydrogens (tertiary/aromatic N) is 4. The van der Waals surface area contributed by atoms with Crippen molar-refractivity contribution in [3.63, 3.8) is 0 Å². The SMILES string of the molecule is O=C(NC1CCCN(c2ncc(Cl)cc2Cl)C1)c1ccncn1. The molecule has 1 saturated heterocycles. The Labute approximate surface area is 143 Å². The van der Waals surface area contributed by atoms with Gasteiger partial charge in [-0.25, -0.2) is 15.0 Å². The summed E-state index contributed by atoms with van der Waals surface area (Å²) >= 11 is 12.1. The maximum absolute atomic E-state index is 12.2. The third-order valence-electron chi connectivity index (χ3n) is 3.66. The highest BCUT2D eigenvalue weighted by molar-refractivity contribution is 6.36. The van der Waals surface area contributed by atoms with Crippen molar-refractivity contribution in [2.75, 3.05) is 18.0 Å². The first-order valence-electron chi connectivity index (χ1n) is 7.26. The van der Waals surface area contributed by atoms with Crippen molar-refractivity contribution >= 4 is 34.9 Å². The molecule has 0 saturated carbocycles. The molecule has 120 valence electrons. The highest BCUT2D eigenvalue weighted by Crippen LogP contribution is 2.28. The van der Waals surface area contributed by atoms with Crippen molar-refractivity contribution in [3.8, 4) is 0 Å². The van der Waals surface area contributed by atoms with Crippen LogP contribution in [0.25, 0.3) is 0 Å². The molecular weight excluding hydrogens is 337 g/mol. The first kappa shape index (κ1) is 16.0. The fraction of sp³-hybridized carbons (Fsp3) is 0.333. The van der Waals surface area contributed by atoms with E-state index in [0.29, 0.717) is 28.1 Å². The smallest absolute Gasteiger partial charge is 0.270 e. The van der Waals surface area contributed by atoms with Crippen molar-refractivity contribution in [1.82, 2.24) is 20.3 Å². The van der Waals surface area contributed by atoms with E-state index < -0.39 is 0 Å². The minimum Gasteiger partial charge on any atom is -0.353 e. The zero-order valence-corrected chi connectivity index (χ0v) is 13.8. The van der Waals surface area contributed by atoms with Crippen molar-refractivity contribution in [2.24, 2.45) is 0 Å². The van der Waals surface area contributed by atoms with Gasteiger partial charge in [0.2, 0.25) is 0 Å². The molecule has 0 spiro atoms. The number of piperidine rings is 1. The topological polar surface area (TPSA) is 71.0 Å². The number of aromatic nitrogens is 3. The van der Waals surface area contributed by atoms with Gasteiger partial charge in [-0.3, -0.25) is 4.79 Å². The molecule has 0 bridgehead atoms. The van der Waals surface area contributed by atoms with Gasteiger partial charge in [0.05, 0.1) is 10.0 Å². The Morgan fingerprint density at radius 2 is 2.22 bits per heavy atom. The van der Waals surface area contributed by atoms with Crippen LogP contribution in [-0.4, -0.2) is 40.0 Å². The molecular formula is C15H15Cl2N5O. The summed E-state index contributed by atoms with van der Waals surface area (Å²) in [6.07, 6.45) is 6.33. The van der Waals surface area contributed by atoms with Crippen molar-refractivity contribution in [3.05, 3.63) is 46.6 Å². The summed E-state index contributed by atoms with van der Waals surface area (Å²) in [5.74, 6) is 0.492. The number of amides is 1. The highest BCUT2D eigenvalue weighted by Gasteiger charge is 2.24. The Bertz CT molecular complexity index is 698. The van der Waals surface area contributed by atoms with Crippen LogP contribution in [0.2, 0.25) is 10.0 Å². The Morgan fingerprint density at radius 3 is 2.96 bits per heavy atom. The predicted octanol–water partition coefficient (Wildman–Crippen LogP) is 2.58. The molecule has 1 fully saturated rings. The molecule has 0 aromatic carbocycles. The Kier molecular flexibility index (Phi) is 4.93. The summed E-state index contributed by atoms with van der Waals surface area (Å²) in [6.45, 7) is 1.49. The number of anilines is 1. The molecule has 6 nitrogen and oxygen atoms in total. The molecule has 1 aliphatic rings. The van der Waals surface area contributed by atoms with Crippen LogP contribution >= 0.6 is 23.2 Å². The Balaban J connectivity index is 1.67.